The summed E-state index contributed by atoms with van der Waals surface area (Å²) in [5, 5.41) is 4.07. The minimum Gasteiger partial charge on any atom is -0.437 e. The van der Waals surface area contributed by atoms with E-state index >= 15 is 0 Å². The summed E-state index contributed by atoms with van der Waals surface area (Å²) in [4.78, 5) is 4.34. The quantitative estimate of drug-likeness (QED) is 0.924. The summed E-state index contributed by atoms with van der Waals surface area (Å²) in [7, 11) is 1.87. The number of rotatable bonds is 4. The fraction of sp³-hybridized carbons (Fsp3) is 0.154. The van der Waals surface area contributed by atoms with Gasteiger partial charge in [-0.3, -0.25) is 0 Å². The first kappa shape index (κ1) is 13.1. The number of aromatic nitrogens is 1. The molecule has 2 aromatic rings. The number of ether oxygens (including phenoxy) is 1. The average Bonchev–Trinajstić information content (AvgIpc) is 2.34. The van der Waals surface area contributed by atoms with Gasteiger partial charge in [0.2, 0.25) is 5.88 Å². The topological polar surface area (TPSA) is 34.1 Å². The molecule has 0 bridgehead atoms. The van der Waals surface area contributed by atoms with E-state index in [0.717, 1.165) is 5.69 Å². The van der Waals surface area contributed by atoms with Crippen molar-refractivity contribution in [2.24, 2.45) is 0 Å². The van der Waals surface area contributed by atoms with Gasteiger partial charge in [0.1, 0.15) is 5.75 Å². The average molecular weight is 283 g/mol. The SMILES string of the molecule is CNCc1cccc(Oc2ccc(Cl)cc2Cl)n1. The van der Waals surface area contributed by atoms with Gasteiger partial charge in [0, 0.05) is 17.6 Å². The maximum Gasteiger partial charge on any atom is 0.219 e. The molecule has 5 heteroatoms. The van der Waals surface area contributed by atoms with Crippen LogP contribution in [0.1, 0.15) is 5.69 Å². The molecule has 0 saturated carbocycles. The molecule has 0 radical (unpaired) electrons. The van der Waals surface area contributed by atoms with E-state index in [2.05, 4.69) is 10.3 Å². The molecule has 0 unspecified atom stereocenters. The first-order valence-electron chi connectivity index (χ1n) is 5.42. The van der Waals surface area contributed by atoms with Crippen LogP contribution in [0, 0.1) is 0 Å². The van der Waals surface area contributed by atoms with Crippen molar-refractivity contribution in [2.75, 3.05) is 7.05 Å². The summed E-state index contributed by atoms with van der Waals surface area (Å²) in [5.74, 6) is 1.04. The van der Waals surface area contributed by atoms with Crippen LogP contribution in [-0.2, 0) is 6.54 Å². The maximum absolute atomic E-state index is 6.03. The lowest BCUT2D eigenvalue weighted by atomic mass is 10.3. The van der Waals surface area contributed by atoms with Gasteiger partial charge in [-0.05, 0) is 31.3 Å². The predicted octanol–water partition coefficient (Wildman–Crippen LogP) is 3.90. The molecule has 1 heterocycles. The van der Waals surface area contributed by atoms with Crippen LogP contribution < -0.4 is 10.1 Å². The molecular formula is C13H12Cl2N2O. The normalized spacial score (nSPS) is 10.4. The number of halogens is 2. The Morgan fingerprint density at radius 3 is 2.78 bits per heavy atom. The highest BCUT2D eigenvalue weighted by molar-refractivity contribution is 6.35. The Balaban J connectivity index is 2.20. The van der Waals surface area contributed by atoms with E-state index in [-0.39, 0.29) is 0 Å². The molecule has 0 spiro atoms. The van der Waals surface area contributed by atoms with Gasteiger partial charge in [-0.1, -0.05) is 29.3 Å². The van der Waals surface area contributed by atoms with Gasteiger partial charge in [0.05, 0.1) is 10.7 Å². The molecule has 0 aliphatic rings. The number of benzene rings is 1. The number of nitrogens with zero attached hydrogens (tertiary/aromatic N) is 1. The van der Waals surface area contributed by atoms with E-state index < -0.39 is 0 Å². The van der Waals surface area contributed by atoms with Crippen molar-refractivity contribution in [3.8, 4) is 11.6 Å². The van der Waals surface area contributed by atoms with Crippen LogP contribution in [0.15, 0.2) is 36.4 Å². The second-order valence-corrected chi connectivity index (χ2v) is 4.52. The summed E-state index contributed by atoms with van der Waals surface area (Å²) in [5.41, 5.74) is 0.903. The van der Waals surface area contributed by atoms with E-state index in [1.165, 1.54) is 0 Å². The number of hydrogen-bond donors (Lipinski definition) is 1. The summed E-state index contributed by atoms with van der Waals surface area (Å²) >= 11 is 11.9. The van der Waals surface area contributed by atoms with Crippen LogP contribution in [0.2, 0.25) is 10.0 Å². The first-order valence-corrected chi connectivity index (χ1v) is 6.18. The summed E-state index contributed by atoms with van der Waals surface area (Å²) in [6, 6.07) is 10.7. The predicted molar refractivity (Wildman–Crippen MR) is 73.5 cm³/mol. The molecule has 1 aromatic heterocycles. The highest BCUT2D eigenvalue weighted by atomic mass is 35.5. The van der Waals surface area contributed by atoms with Gasteiger partial charge in [0.25, 0.3) is 0 Å². The Morgan fingerprint density at radius 1 is 1.22 bits per heavy atom. The van der Waals surface area contributed by atoms with Gasteiger partial charge in [-0.2, -0.15) is 0 Å². The molecule has 0 fully saturated rings. The van der Waals surface area contributed by atoms with Gasteiger partial charge < -0.3 is 10.1 Å². The molecule has 0 amide bonds. The minimum atomic E-state index is 0.461. The molecule has 0 aliphatic carbocycles. The lowest BCUT2D eigenvalue weighted by Crippen LogP contribution is -2.06. The summed E-state index contributed by atoms with van der Waals surface area (Å²) < 4.78 is 5.62. The van der Waals surface area contributed by atoms with Crippen molar-refractivity contribution >= 4 is 23.2 Å². The van der Waals surface area contributed by atoms with E-state index in [4.69, 9.17) is 27.9 Å². The van der Waals surface area contributed by atoms with Crippen LogP contribution in [0.5, 0.6) is 11.6 Å². The maximum atomic E-state index is 6.03. The zero-order chi connectivity index (χ0) is 13.0. The van der Waals surface area contributed by atoms with E-state index in [1.807, 2.05) is 19.2 Å². The smallest absolute Gasteiger partial charge is 0.219 e. The molecule has 3 nitrogen and oxygen atoms in total. The molecule has 18 heavy (non-hydrogen) atoms. The lowest BCUT2D eigenvalue weighted by Gasteiger charge is -2.08. The van der Waals surface area contributed by atoms with Crippen molar-refractivity contribution in [1.82, 2.24) is 10.3 Å². The fourth-order valence-corrected chi connectivity index (χ4v) is 1.91. The third-order valence-corrected chi connectivity index (χ3v) is 2.78. The third kappa shape index (κ3) is 3.35. The first-order chi connectivity index (χ1) is 8.69. The van der Waals surface area contributed by atoms with Crippen molar-refractivity contribution in [2.45, 2.75) is 6.54 Å². The van der Waals surface area contributed by atoms with Crippen LogP contribution in [-0.4, -0.2) is 12.0 Å². The highest BCUT2D eigenvalue weighted by Gasteiger charge is 2.05. The second-order valence-electron chi connectivity index (χ2n) is 3.67. The molecular weight excluding hydrogens is 271 g/mol. The standard InChI is InChI=1S/C13H12Cl2N2O/c1-16-8-10-3-2-4-13(17-10)18-12-6-5-9(14)7-11(12)15/h2-7,16H,8H2,1H3. The zero-order valence-electron chi connectivity index (χ0n) is 9.78. The molecule has 94 valence electrons. The largest absolute Gasteiger partial charge is 0.437 e. The molecule has 0 saturated heterocycles. The Kier molecular flexibility index (Phi) is 4.42. The van der Waals surface area contributed by atoms with E-state index in [1.54, 1.807) is 24.3 Å². The Hall–Kier alpha value is -1.29. The van der Waals surface area contributed by atoms with Gasteiger partial charge >= 0.3 is 0 Å². The lowest BCUT2D eigenvalue weighted by molar-refractivity contribution is 0.460. The fourth-order valence-electron chi connectivity index (χ4n) is 1.46. The van der Waals surface area contributed by atoms with Crippen molar-refractivity contribution in [3.05, 3.63) is 52.1 Å². The van der Waals surface area contributed by atoms with Crippen molar-refractivity contribution in [3.63, 3.8) is 0 Å². The van der Waals surface area contributed by atoms with Crippen LogP contribution >= 0.6 is 23.2 Å². The van der Waals surface area contributed by atoms with Crippen LogP contribution in [0.25, 0.3) is 0 Å². The van der Waals surface area contributed by atoms with Crippen LogP contribution in [0.3, 0.4) is 0 Å². The third-order valence-electron chi connectivity index (χ3n) is 2.25. The summed E-state index contributed by atoms with van der Waals surface area (Å²) in [6.07, 6.45) is 0. The number of hydrogen-bond acceptors (Lipinski definition) is 3. The Bertz CT molecular complexity index is 546. The van der Waals surface area contributed by atoms with Gasteiger partial charge in [-0.15, -0.1) is 0 Å². The molecule has 0 atom stereocenters. The minimum absolute atomic E-state index is 0.461. The molecule has 0 aliphatic heterocycles. The Morgan fingerprint density at radius 2 is 2.06 bits per heavy atom. The van der Waals surface area contributed by atoms with Crippen molar-refractivity contribution in [1.29, 1.82) is 0 Å². The van der Waals surface area contributed by atoms with Gasteiger partial charge in [-0.25, -0.2) is 4.98 Å². The second kappa shape index (κ2) is 6.05. The zero-order valence-corrected chi connectivity index (χ0v) is 11.3. The van der Waals surface area contributed by atoms with E-state index in [9.17, 15) is 0 Å². The monoisotopic (exact) mass is 282 g/mol. The van der Waals surface area contributed by atoms with Gasteiger partial charge in [0.15, 0.2) is 0 Å². The van der Waals surface area contributed by atoms with E-state index in [0.29, 0.717) is 28.2 Å². The summed E-state index contributed by atoms with van der Waals surface area (Å²) in [6.45, 7) is 0.686. The molecule has 1 N–H and O–H groups in total. The van der Waals surface area contributed by atoms with Crippen LogP contribution in [0.4, 0.5) is 0 Å². The number of pyridine rings is 1. The van der Waals surface area contributed by atoms with Crippen molar-refractivity contribution < 1.29 is 4.74 Å². The molecule has 1 aromatic carbocycles. The molecule has 2 rings (SSSR count). The number of nitrogens with one attached hydrogen (secondary N) is 1. The Labute approximate surface area is 116 Å². The highest BCUT2D eigenvalue weighted by Crippen LogP contribution is 2.30.